The zero-order valence-electron chi connectivity index (χ0n) is 12.5. The standard InChI is InChI=1S/C17H23NO3/c1-12(17(20)21)14-7-9-15(10-8-14)18-16(19)11-6-13-4-2-3-5-13/h7-10,12-13H,2-6,11H2,1H3,(H,18,19)(H,20,21). The summed E-state index contributed by atoms with van der Waals surface area (Å²) in [6, 6.07) is 7.04. The van der Waals surface area contributed by atoms with Gasteiger partial charge in [-0.15, -0.1) is 0 Å². The lowest BCUT2D eigenvalue weighted by Gasteiger charge is -2.10. The van der Waals surface area contributed by atoms with Crippen LogP contribution in [0.15, 0.2) is 24.3 Å². The number of nitrogens with one attached hydrogen (secondary N) is 1. The van der Waals surface area contributed by atoms with E-state index in [9.17, 15) is 9.59 Å². The third kappa shape index (κ3) is 4.59. The molecule has 0 heterocycles. The molecular weight excluding hydrogens is 266 g/mol. The molecule has 21 heavy (non-hydrogen) atoms. The number of carbonyl (C=O) groups excluding carboxylic acids is 1. The second kappa shape index (κ2) is 7.25. The summed E-state index contributed by atoms with van der Waals surface area (Å²) < 4.78 is 0. The molecule has 0 saturated heterocycles. The molecule has 1 saturated carbocycles. The smallest absolute Gasteiger partial charge is 0.310 e. The molecule has 1 aromatic carbocycles. The molecule has 1 fully saturated rings. The van der Waals surface area contributed by atoms with Crippen molar-refractivity contribution >= 4 is 17.6 Å². The van der Waals surface area contributed by atoms with Gasteiger partial charge >= 0.3 is 5.97 Å². The Morgan fingerprint density at radius 3 is 2.43 bits per heavy atom. The lowest BCUT2D eigenvalue weighted by Crippen LogP contribution is -2.13. The van der Waals surface area contributed by atoms with Crippen molar-refractivity contribution in [3.63, 3.8) is 0 Å². The van der Waals surface area contributed by atoms with Crippen molar-refractivity contribution in [1.29, 1.82) is 0 Å². The number of carboxylic acids is 1. The van der Waals surface area contributed by atoms with Crippen LogP contribution < -0.4 is 5.32 Å². The Bertz CT molecular complexity index is 489. The van der Waals surface area contributed by atoms with Crippen LogP contribution in [0.3, 0.4) is 0 Å². The Labute approximate surface area is 125 Å². The Balaban J connectivity index is 1.82. The van der Waals surface area contributed by atoms with E-state index in [0.29, 0.717) is 6.42 Å². The van der Waals surface area contributed by atoms with Crippen molar-refractivity contribution in [3.05, 3.63) is 29.8 Å². The molecule has 4 heteroatoms. The van der Waals surface area contributed by atoms with Gasteiger partial charge in [0.25, 0.3) is 0 Å². The summed E-state index contributed by atoms with van der Waals surface area (Å²) in [4.78, 5) is 22.8. The number of aliphatic carboxylic acids is 1. The fraction of sp³-hybridized carbons (Fsp3) is 0.529. The van der Waals surface area contributed by atoms with E-state index in [-0.39, 0.29) is 5.91 Å². The van der Waals surface area contributed by atoms with E-state index in [1.165, 1.54) is 25.7 Å². The van der Waals surface area contributed by atoms with Crippen LogP contribution in [0.1, 0.15) is 56.9 Å². The molecule has 2 rings (SSSR count). The molecule has 1 aliphatic carbocycles. The van der Waals surface area contributed by atoms with Gasteiger partial charge in [-0.1, -0.05) is 37.8 Å². The minimum absolute atomic E-state index is 0.0425. The molecule has 0 radical (unpaired) electrons. The molecule has 1 atom stereocenters. The third-order valence-electron chi connectivity index (χ3n) is 4.32. The Kier molecular flexibility index (Phi) is 5.37. The number of anilines is 1. The first-order valence-corrected chi connectivity index (χ1v) is 7.69. The number of rotatable bonds is 6. The van der Waals surface area contributed by atoms with Crippen molar-refractivity contribution in [2.45, 2.75) is 51.4 Å². The van der Waals surface area contributed by atoms with Crippen LogP contribution in [0.25, 0.3) is 0 Å². The maximum absolute atomic E-state index is 11.9. The lowest BCUT2D eigenvalue weighted by atomic mass is 10.0. The van der Waals surface area contributed by atoms with Gasteiger partial charge in [-0.05, 0) is 37.0 Å². The minimum Gasteiger partial charge on any atom is -0.481 e. The zero-order chi connectivity index (χ0) is 15.2. The predicted molar refractivity (Wildman–Crippen MR) is 82.3 cm³/mol. The average molecular weight is 289 g/mol. The molecule has 0 aromatic heterocycles. The van der Waals surface area contributed by atoms with E-state index < -0.39 is 11.9 Å². The van der Waals surface area contributed by atoms with E-state index in [1.807, 2.05) is 0 Å². The van der Waals surface area contributed by atoms with Crippen LogP contribution in [-0.4, -0.2) is 17.0 Å². The summed E-state index contributed by atoms with van der Waals surface area (Å²) >= 11 is 0. The summed E-state index contributed by atoms with van der Waals surface area (Å²) in [5, 5.41) is 11.8. The molecule has 4 nitrogen and oxygen atoms in total. The van der Waals surface area contributed by atoms with E-state index in [4.69, 9.17) is 5.11 Å². The van der Waals surface area contributed by atoms with Crippen LogP contribution >= 0.6 is 0 Å². The van der Waals surface area contributed by atoms with Crippen LogP contribution in [0, 0.1) is 5.92 Å². The fourth-order valence-corrected chi connectivity index (χ4v) is 2.86. The number of carbonyl (C=O) groups is 2. The van der Waals surface area contributed by atoms with E-state index in [1.54, 1.807) is 31.2 Å². The summed E-state index contributed by atoms with van der Waals surface area (Å²) in [5.41, 5.74) is 1.47. The quantitative estimate of drug-likeness (QED) is 0.837. The minimum atomic E-state index is -0.844. The van der Waals surface area contributed by atoms with Crippen molar-refractivity contribution < 1.29 is 14.7 Å². The van der Waals surface area contributed by atoms with E-state index >= 15 is 0 Å². The van der Waals surface area contributed by atoms with Gasteiger partial charge in [-0.2, -0.15) is 0 Å². The van der Waals surface area contributed by atoms with E-state index in [2.05, 4.69) is 5.32 Å². The highest BCUT2D eigenvalue weighted by Gasteiger charge is 2.16. The first-order chi connectivity index (χ1) is 10.1. The molecule has 1 aliphatic rings. The van der Waals surface area contributed by atoms with Crippen molar-refractivity contribution in [2.75, 3.05) is 5.32 Å². The molecule has 0 bridgehead atoms. The topological polar surface area (TPSA) is 66.4 Å². The lowest BCUT2D eigenvalue weighted by molar-refractivity contribution is -0.138. The molecule has 1 amide bonds. The molecule has 2 N–H and O–H groups in total. The number of benzene rings is 1. The van der Waals surface area contributed by atoms with E-state index in [0.717, 1.165) is 23.6 Å². The number of carboxylic acid groups (broad SMARTS) is 1. The number of hydrogen-bond acceptors (Lipinski definition) is 2. The molecular formula is C17H23NO3. The maximum atomic E-state index is 11.9. The van der Waals surface area contributed by atoms with Crippen LogP contribution in [0.5, 0.6) is 0 Å². The van der Waals surface area contributed by atoms with Gasteiger partial charge in [0.1, 0.15) is 0 Å². The summed E-state index contributed by atoms with van der Waals surface area (Å²) in [5.74, 6) is -0.615. The second-order valence-electron chi connectivity index (χ2n) is 5.92. The van der Waals surface area contributed by atoms with Crippen LogP contribution in [0.4, 0.5) is 5.69 Å². The Morgan fingerprint density at radius 2 is 1.86 bits per heavy atom. The van der Waals surface area contributed by atoms with Gasteiger partial charge < -0.3 is 10.4 Å². The average Bonchev–Trinajstić information content (AvgIpc) is 2.98. The van der Waals surface area contributed by atoms with Crippen LogP contribution in [0.2, 0.25) is 0 Å². The largest absolute Gasteiger partial charge is 0.481 e. The summed E-state index contributed by atoms with van der Waals surface area (Å²) in [6.45, 7) is 1.65. The van der Waals surface area contributed by atoms with Crippen LogP contribution in [-0.2, 0) is 9.59 Å². The van der Waals surface area contributed by atoms with Crippen molar-refractivity contribution in [1.82, 2.24) is 0 Å². The third-order valence-corrected chi connectivity index (χ3v) is 4.32. The summed E-state index contributed by atoms with van der Waals surface area (Å²) in [7, 11) is 0. The molecule has 114 valence electrons. The highest BCUT2D eigenvalue weighted by atomic mass is 16.4. The SMILES string of the molecule is CC(C(=O)O)c1ccc(NC(=O)CCC2CCCC2)cc1. The van der Waals surface area contributed by atoms with Gasteiger partial charge in [0.05, 0.1) is 5.92 Å². The molecule has 1 aromatic rings. The monoisotopic (exact) mass is 289 g/mol. The fourth-order valence-electron chi connectivity index (χ4n) is 2.86. The summed E-state index contributed by atoms with van der Waals surface area (Å²) in [6.07, 6.45) is 6.66. The van der Waals surface area contributed by atoms with Gasteiger partial charge in [0, 0.05) is 12.1 Å². The predicted octanol–water partition coefficient (Wildman–Crippen LogP) is 3.78. The van der Waals surface area contributed by atoms with Crippen molar-refractivity contribution in [3.8, 4) is 0 Å². The maximum Gasteiger partial charge on any atom is 0.310 e. The number of amides is 1. The van der Waals surface area contributed by atoms with Gasteiger partial charge in [0.15, 0.2) is 0 Å². The van der Waals surface area contributed by atoms with Gasteiger partial charge in [0.2, 0.25) is 5.91 Å². The molecule has 1 unspecified atom stereocenters. The molecule has 0 spiro atoms. The first-order valence-electron chi connectivity index (χ1n) is 7.69. The molecule has 0 aliphatic heterocycles. The number of hydrogen-bond donors (Lipinski definition) is 2. The van der Waals surface area contributed by atoms with Crippen molar-refractivity contribution in [2.24, 2.45) is 5.92 Å². The highest BCUT2D eigenvalue weighted by Crippen LogP contribution is 2.28. The highest BCUT2D eigenvalue weighted by molar-refractivity contribution is 5.90. The Morgan fingerprint density at radius 1 is 1.24 bits per heavy atom. The first kappa shape index (κ1) is 15.5. The second-order valence-corrected chi connectivity index (χ2v) is 5.92. The van der Waals surface area contributed by atoms with Gasteiger partial charge in [-0.25, -0.2) is 0 Å². The zero-order valence-corrected chi connectivity index (χ0v) is 12.5. The van der Waals surface area contributed by atoms with Gasteiger partial charge in [-0.3, -0.25) is 9.59 Å². The Hall–Kier alpha value is -1.84. The normalized spacial score (nSPS) is 16.6.